The molecule has 0 aliphatic carbocycles. The Kier molecular flexibility index (Phi) is 3.01. The van der Waals surface area contributed by atoms with E-state index in [4.69, 9.17) is 0 Å². The maximum absolute atomic E-state index is 11.4. The number of benzene rings is 1. The third kappa shape index (κ3) is 2.04. The molecule has 1 aromatic heterocycles. The van der Waals surface area contributed by atoms with E-state index in [1.807, 2.05) is 13.8 Å². The number of aromatic amines is 1. The maximum Gasteiger partial charge on any atom is 0.294 e. The summed E-state index contributed by atoms with van der Waals surface area (Å²) < 4.78 is 1.48. The van der Waals surface area contributed by atoms with Gasteiger partial charge in [-0.2, -0.15) is 0 Å². The fourth-order valence-corrected chi connectivity index (χ4v) is 1.84. The molecule has 0 unspecified atom stereocenters. The predicted molar refractivity (Wildman–Crippen MR) is 67.1 cm³/mol. The zero-order chi connectivity index (χ0) is 13.3. The van der Waals surface area contributed by atoms with Gasteiger partial charge >= 0.3 is 0 Å². The number of hydrogen-bond donors (Lipinski definition) is 1. The molecule has 0 spiro atoms. The number of nitrogens with zero attached hydrogens (tertiary/aromatic N) is 2. The van der Waals surface area contributed by atoms with Gasteiger partial charge in [0, 0.05) is 17.8 Å². The first-order valence-corrected chi connectivity index (χ1v) is 5.56. The number of hydrogen-bond acceptors (Lipinski definition) is 3. The van der Waals surface area contributed by atoms with Crippen LogP contribution >= 0.6 is 0 Å². The summed E-state index contributed by atoms with van der Waals surface area (Å²) in [6, 6.07) is 7.78. The van der Waals surface area contributed by atoms with Crippen molar-refractivity contribution in [2.45, 2.75) is 19.8 Å². The number of aromatic nitrogens is 2. The minimum absolute atomic E-state index is 0.0359. The van der Waals surface area contributed by atoms with Crippen molar-refractivity contribution in [3.8, 4) is 5.69 Å². The largest absolute Gasteiger partial charge is 0.294 e. The fraction of sp³-hybridized carbons (Fsp3) is 0.250. The lowest BCUT2D eigenvalue weighted by molar-refractivity contribution is -0.384. The molecule has 0 bridgehead atoms. The highest BCUT2D eigenvalue weighted by atomic mass is 16.6. The molecule has 94 valence electrons. The van der Waals surface area contributed by atoms with Gasteiger partial charge in [-0.05, 0) is 12.0 Å². The fourth-order valence-electron chi connectivity index (χ4n) is 1.84. The van der Waals surface area contributed by atoms with Crippen molar-refractivity contribution in [3.63, 3.8) is 0 Å². The summed E-state index contributed by atoms with van der Waals surface area (Å²) in [5.41, 5.74) is 0.783. The van der Waals surface area contributed by atoms with Crippen molar-refractivity contribution in [1.82, 2.24) is 9.78 Å². The van der Waals surface area contributed by atoms with Crippen molar-refractivity contribution in [1.29, 1.82) is 0 Å². The van der Waals surface area contributed by atoms with Crippen LogP contribution in [0.15, 0.2) is 35.1 Å². The van der Waals surface area contributed by atoms with Gasteiger partial charge in [-0.3, -0.25) is 24.7 Å². The van der Waals surface area contributed by atoms with E-state index in [0.717, 1.165) is 0 Å². The Morgan fingerprint density at radius 2 is 2.00 bits per heavy atom. The van der Waals surface area contributed by atoms with E-state index >= 15 is 0 Å². The molecular formula is C12H13N3O3. The summed E-state index contributed by atoms with van der Waals surface area (Å²) in [6.07, 6.45) is 0. The first-order valence-electron chi connectivity index (χ1n) is 5.56. The highest BCUT2D eigenvalue weighted by Crippen LogP contribution is 2.24. The summed E-state index contributed by atoms with van der Waals surface area (Å²) in [7, 11) is 0. The number of nitrogens with one attached hydrogen (secondary N) is 1. The van der Waals surface area contributed by atoms with Crippen LogP contribution in [-0.4, -0.2) is 14.7 Å². The molecular weight excluding hydrogens is 234 g/mol. The monoisotopic (exact) mass is 247 g/mol. The highest BCUT2D eigenvalue weighted by Gasteiger charge is 2.18. The van der Waals surface area contributed by atoms with Gasteiger partial charge in [0.2, 0.25) is 0 Å². The molecule has 0 saturated heterocycles. The van der Waals surface area contributed by atoms with E-state index < -0.39 is 4.92 Å². The van der Waals surface area contributed by atoms with Gasteiger partial charge in [0.25, 0.3) is 11.2 Å². The summed E-state index contributed by atoms with van der Waals surface area (Å²) in [5, 5.41) is 13.6. The summed E-state index contributed by atoms with van der Waals surface area (Å²) >= 11 is 0. The lowest BCUT2D eigenvalue weighted by Crippen LogP contribution is -2.08. The van der Waals surface area contributed by atoms with Crippen LogP contribution in [0.4, 0.5) is 5.69 Å². The third-order valence-corrected chi connectivity index (χ3v) is 2.67. The standard InChI is InChI=1S/C12H13N3O3/c1-8(2)11-7-12(16)13-14(11)9-5-3-4-6-10(9)15(17)18/h3-8H,1-2H3,(H,13,16). The first kappa shape index (κ1) is 12.1. The lowest BCUT2D eigenvalue weighted by Gasteiger charge is -2.10. The highest BCUT2D eigenvalue weighted by molar-refractivity contribution is 5.52. The minimum atomic E-state index is -0.461. The van der Waals surface area contributed by atoms with Crippen LogP contribution in [0.25, 0.3) is 5.69 Å². The van der Waals surface area contributed by atoms with Gasteiger partial charge in [0.1, 0.15) is 5.69 Å². The second-order valence-electron chi connectivity index (χ2n) is 4.28. The van der Waals surface area contributed by atoms with Crippen LogP contribution < -0.4 is 5.56 Å². The summed E-state index contributed by atoms with van der Waals surface area (Å²) in [6.45, 7) is 3.85. The Morgan fingerprint density at radius 3 is 2.61 bits per heavy atom. The topological polar surface area (TPSA) is 80.9 Å². The molecule has 1 aromatic carbocycles. The summed E-state index contributed by atoms with van der Waals surface area (Å²) in [4.78, 5) is 21.9. The van der Waals surface area contributed by atoms with Gasteiger partial charge in [-0.1, -0.05) is 26.0 Å². The van der Waals surface area contributed by atoms with E-state index in [9.17, 15) is 14.9 Å². The lowest BCUT2D eigenvalue weighted by atomic mass is 10.1. The Morgan fingerprint density at radius 1 is 1.33 bits per heavy atom. The molecule has 6 nitrogen and oxygen atoms in total. The molecule has 2 aromatic rings. The van der Waals surface area contributed by atoms with Crippen LogP contribution in [0.3, 0.4) is 0 Å². The number of H-pyrrole nitrogens is 1. The van der Waals surface area contributed by atoms with Gasteiger partial charge in [0.05, 0.1) is 4.92 Å². The van der Waals surface area contributed by atoms with Crippen molar-refractivity contribution < 1.29 is 4.92 Å². The van der Waals surface area contributed by atoms with Crippen molar-refractivity contribution in [2.24, 2.45) is 0 Å². The Hall–Kier alpha value is -2.37. The van der Waals surface area contributed by atoms with E-state index in [2.05, 4.69) is 5.10 Å². The number of rotatable bonds is 3. The molecule has 18 heavy (non-hydrogen) atoms. The molecule has 1 heterocycles. The molecule has 1 N–H and O–H groups in total. The van der Waals surface area contributed by atoms with Crippen molar-refractivity contribution in [2.75, 3.05) is 0 Å². The Bertz CT molecular complexity index is 640. The van der Waals surface area contributed by atoms with Gasteiger partial charge < -0.3 is 0 Å². The van der Waals surface area contributed by atoms with Crippen LogP contribution in [0.5, 0.6) is 0 Å². The molecule has 6 heteroatoms. The van der Waals surface area contributed by atoms with E-state index in [0.29, 0.717) is 11.4 Å². The third-order valence-electron chi connectivity index (χ3n) is 2.67. The van der Waals surface area contributed by atoms with Crippen molar-refractivity contribution in [3.05, 3.63) is 56.5 Å². The molecule has 0 radical (unpaired) electrons. The maximum atomic E-state index is 11.4. The zero-order valence-corrected chi connectivity index (χ0v) is 10.1. The second kappa shape index (κ2) is 4.48. The Labute approximate surface area is 103 Å². The molecule has 0 atom stereocenters. The minimum Gasteiger partial charge on any atom is -0.268 e. The normalized spacial score (nSPS) is 10.8. The second-order valence-corrected chi connectivity index (χ2v) is 4.28. The quantitative estimate of drug-likeness (QED) is 0.666. The molecule has 0 saturated carbocycles. The molecule has 2 rings (SSSR count). The number of nitro benzene ring substituents is 1. The molecule has 0 fully saturated rings. The van der Waals surface area contributed by atoms with Crippen LogP contribution in [0.2, 0.25) is 0 Å². The van der Waals surface area contributed by atoms with Gasteiger partial charge in [-0.15, -0.1) is 0 Å². The smallest absolute Gasteiger partial charge is 0.268 e. The van der Waals surface area contributed by atoms with Gasteiger partial charge in [0.15, 0.2) is 0 Å². The van der Waals surface area contributed by atoms with Crippen LogP contribution in [-0.2, 0) is 0 Å². The molecule has 0 amide bonds. The predicted octanol–water partition coefficient (Wildman–Crippen LogP) is 2.20. The zero-order valence-electron chi connectivity index (χ0n) is 10.1. The first-order chi connectivity index (χ1) is 8.50. The molecule has 0 aliphatic heterocycles. The van der Waals surface area contributed by atoms with Crippen LogP contribution in [0.1, 0.15) is 25.5 Å². The average molecular weight is 247 g/mol. The van der Waals surface area contributed by atoms with E-state index in [1.54, 1.807) is 18.2 Å². The van der Waals surface area contributed by atoms with Crippen molar-refractivity contribution >= 4 is 5.69 Å². The molecule has 0 aliphatic rings. The SMILES string of the molecule is CC(C)c1cc(=O)[nH]n1-c1ccccc1[N+](=O)[O-]. The van der Waals surface area contributed by atoms with E-state index in [1.165, 1.54) is 16.8 Å². The summed E-state index contributed by atoms with van der Waals surface area (Å²) in [5.74, 6) is 0.0868. The van der Waals surface area contributed by atoms with Crippen LogP contribution in [0, 0.1) is 10.1 Å². The number of nitro groups is 1. The van der Waals surface area contributed by atoms with E-state index in [-0.39, 0.29) is 17.2 Å². The average Bonchev–Trinajstić information content (AvgIpc) is 2.71. The number of para-hydroxylation sites is 2. The Balaban J connectivity index is 2.69. The van der Waals surface area contributed by atoms with Gasteiger partial charge in [-0.25, -0.2) is 0 Å².